The van der Waals surface area contributed by atoms with Gasteiger partial charge in [0.25, 0.3) is 0 Å². The van der Waals surface area contributed by atoms with Crippen molar-refractivity contribution >= 4 is 33.6 Å². The Morgan fingerprint density at radius 2 is 2.06 bits per heavy atom. The molecule has 98 valence electrons. The third-order valence-corrected chi connectivity index (χ3v) is 4.44. The SMILES string of the molecule is OC/C(=C/c1ccc(Br)cc1Cl)C1CCCCC1. The molecule has 0 spiro atoms. The fourth-order valence-electron chi connectivity index (χ4n) is 2.58. The molecule has 1 nitrogen and oxygen atoms in total. The van der Waals surface area contributed by atoms with E-state index in [4.69, 9.17) is 11.6 Å². The summed E-state index contributed by atoms with van der Waals surface area (Å²) in [5.41, 5.74) is 2.12. The molecule has 0 bridgehead atoms. The quantitative estimate of drug-likeness (QED) is 0.822. The van der Waals surface area contributed by atoms with Crippen LogP contribution < -0.4 is 0 Å². The lowest BCUT2D eigenvalue weighted by Crippen LogP contribution is -2.11. The maximum Gasteiger partial charge on any atom is 0.0647 e. The van der Waals surface area contributed by atoms with E-state index in [1.54, 1.807) is 0 Å². The normalized spacial score (nSPS) is 18.1. The van der Waals surface area contributed by atoms with Crippen molar-refractivity contribution in [3.63, 3.8) is 0 Å². The summed E-state index contributed by atoms with van der Waals surface area (Å²) in [4.78, 5) is 0. The van der Waals surface area contributed by atoms with E-state index >= 15 is 0 Å². The van der Waals surface area contributed by atoms with Crippen molar-refractivity contribution in [1.29, 1.82) is 0 Å². The molecule has 0 atom stereocenters. The average Bonchev–Trinajstić information content (AvgIpc) is 2.39. The smallest absolute Gasteiger partial charge is 0.0647 e. The van der Waals surface area contributed by atoms with Crippen molar-refractivity contribution in [1.82, 2.24) is 0 Å². The van der Waals surface area contributed by atoms with E-state index in [1.165, 1.54) is 32.1 Å². The third-order valence-electron chi connectivity index (χ3n) is 3.62. The average molecular weight is 330 g/mol. The van der Waals surface area contributed by atoms with Crippen molar-refractivity contribution in [3.05, 3.63) is 38.8 Å². The zero-order valence-electron chi connectivity index (χ0n) is 10.3. The molecule has 0 radical (unpaired) electrons. The van der Waals surface area contributed by atoms with Crippen LogP contribution in [0.3, 0.4) is 0 Å². The number of aliphatic hydroxyl groups is 1. The molecule has 18 heavy (non-hydrogen) atoms. The molecular formula is C15H18BrClO. The molecule has 2 rings (SSSR count). The number of hydrogen-bond donors (Lipinski definition) is 1. The largest absolute Gasteiger partial charge is 0.392 e. The van der Waals surface area contributed by atoms with Crippen molar-refractivity contribution in [2.75, 3.05) is 6.61 Å². The summed E-state index contributed by atoms with van der Waals surface area (Å²) in [6, 6.07) is 5.86. The van der Waals surface area contributed by atoms with Crippen LogP contribution in [0.25, 0.3) is 6.08 Å². The highest BCUT2D eigenvalue weighted by molar-refractivity contribution is 9.10. The van der Waals surface area contributed by atoms with Gasteiger partial charge in [0.1, 0.15) is 0 Å². The molecule has 1 saturated carbocycles. The van der Waals surface area contributed by atoms with Crippen LogP contribution >= 0.6 is 27.5 Å². The van der Waals surface area contributed by atoms with Crippen LogP contribution in [-0.2, 0) is 0 Å². The molecule has 0 aliphatic heterocycles. The van der Waals surface area contributed by atoms with Gasteiger partial charge in [-0.25, -0.2) is 0 Å². The standard InChI is InChI=1S/C15H18BrClO/c16-14-7-6-12(15(17)9-14)8-13(10-18)11-4-2-1-3-5-11/h6-9,11,18H,1-5,10H2/b13-8-. The Morgan fingerprint density at radius 1 is 1.33 bits per heavy atom. The van der Waals surface area contributed by atoms with E-state index in [1.807, 2.05) is 18.2 Å². The minimum atomic E-state index is 0.136. The van der Waals surface area contributed by atoms with Crippen LogP contribution in [0.15, 0.2) is 28.2 Å². The van der Waals surface area contributed by atoms with Gasteiger partial charge in [0, 0.05) is 9.50 Å². The predicted octanol–water partition coefficient (Wildman–Crippen LogP) is 5.06. The van der Waals surface area contributed by atoms with Crippen LogP contribution in [0, 0.1) is 5.92 Å². The lowest BCUT2D eigenvalue weighted by molar-refractivity contribution is 0.295. The molecule has 3 heteroatoms. The molecule has 0 heterocycles. The second kappa shape index (κ2) is 6.74. The van der Waals surface area contributed by atoms with Crippen LogP contribution in [0.5, 0.6) is 0 Å². The van der Waals surface area contributed by atoms with Crippen LogP contribution in [0.4, 0.5) is 0 Å². The molecule has 1 N–H and O–H groups in total. The molecule has 1 aliphatic carbocycles. The number of rotatable bonds is 3. The van der Waals surface area contributed by atoms with Crippen molar-refractivity contribution in [3.8, 4) is 0 Å². The van der Waals surface area contributed by atoms with Gasteiger partial charge >= 0.3 is 0 Å². The molecule has 0 saturated heterocycles. The molecular weight excluding hydrogens is 312 g/mol. The summed E-state index contributed by atoms with van der Waals surface area (Å²) in [7, 11) is 0. The fourth-order valence-corrected chi connectivity index (χ4v) is 3.31. The van der Waals surface area contributed by atoms with Gasteiger partial charge in [0.05, 0.1) is 6.61 Å². The molecule has 1 aromatic rings. The number of benzene rings is 1. The Bertz CT molecular complexity index is 436. The topological polar surface area (TPSA) is 20.2 Å². The van der Waals surface area contributed by atoms with Gasteiger partial charge in [-0.15, -0.1) is 0 Å². The van der Waals surface area contributed by atoms with Gasteiger partial charge in [0.15, 0.2) is 0 Å². The highest BCUT2D eigenvalue weighted by Gasteiger charge is 2.17. The highest BCUT2D eigenvalue weighted by atomic mass is 79.9. The number of hydrogen-bond acceptors (Lipinski definition) is 1. The van der Waals surface area contributed by atoms with Crippen molar-refractivity contribution in [2.24, 2.45) is 5.92 Å². The lowest BCUT2D eigenvalue weighted by atomic mass is 9.83. The number of halogens is 2. The van der Waals surface area contributed by atoms with E-state index in [0.29, 0.717) is 5.92 Å². The monoisotopic (exact) mass is 328 g/mol. The Kier molecular flexibility index (Phi) is 5.28. The van der Waals surface area contributed by atoms with Gasteiger partial charge in [-0.1, -0.05) is 58.9 Å². The highest BCUT2D eigenvalue weighted by Crippen LogP contribution is 2.32. The van der Waals surface area contributed by atoms with Gasteiger partial charge < -0.3 is 5.11 Å². The first-order valence-electron chi connectivity index (χ1n) is 6.47. The van der Waals surface area contributed by atoms with Gasteiger partial charge in [-0.3, -0.25) is 0 Å². The molecule has 1 aliphatic rings. The van der Waals surface area contributed by atoms with E-state index in [-0.39, 0.29) is 6.61 Å². The van der Waals surface area contributed by atoms with Crippen LogP contribution in [0.2, 0.25) is 5.02 Å². The van der Waals surface area contributed by atoms with Gasteiger partial charge in [-0.05, 0) is 42.0 Å². The first-order valence-corrected chi connectivity index (χ1v) is 7.64. The van der Waals surface area contributed by atoms with E-state index in [2.05, 4.69) is 22.0 Å². The Morgan fingerprint density at radius 3 is 2.67 bits per heavy atom. The van der Waals surface area contributed by atoms with Gasteiger partial charge in [-0.2, -0.15) is 0 Å². The second-order valence-electron chi connectivity index (χ2n) is 4.88. The van der Waals surface area contributed by atoms with Crippen molar-refractivity contribution < 1.29 is 5.11 Å². The third kappa shape index (κ3) is 3.59. The zero-order valence-corrected chi connectivity index (χ0v) is 12.7. The molecule has 0 amide bonds. The number of aliphatic hydroxyl groups excluding tert-OH is 1. The van der Waals surface area contributed by atoms with Crippen molar-refractivity contribution in [2.45, 2.75) is 32.1 Å². The van der Waals surface area contributed by atoms with E-state index in [0.717, 1.165) is 20.6 Å². The minimum absolute atomic E-state index is 0.136. The van der Waals surface area contributed by atoms with E-state index in [9.17, 15) is 5.11 Å². The Balaban J connectivity index is 2.22. The summed E-state index contributed by atoms with van der Waals surface area (Å²) >= 11 is 9.61. The molecule has 1 fully saturated rings. The predicted molar refractivity (Wildman–Crippen MR) is 80.8 cm³/mol. The van der Waals surface area contributed by atoms with E-state index < -0.39 is 0 Å². The molecule has 0 aromatic heterocycles. The second-order valence-corrected chi connectivity index (χ2v) is 6.20. The Labute approximate surface area is 122 Å². The summed E-state index contributed by atoms with van der Waals surface area (Å²) < 4.78 is 0.980. The summed E-state index contributed by atoms with van der Waals surface area (Å²) in [5.74, 6) is 0.531. The van der Waals surface area contributed by atoms with Gasteiger partial charge in [0.2, 0.25) is 0 Å². The fraction of sp³-hybridized carbons (Fsp3) is 0.467. The van der Waals surface area contributed by atoms with Crippen LogP contribution in [-0.4, -0.2) is 11.7 Å². The maximum atomic E-state index is 9.56. The molecule has 1 aromatic carbocycles. The summed E-state index contributed by atoms with van der Waals surface area (Å²) in [6.07, 6.45) is 8.33. The zero-order chi connectivity index (χ0) is 13.0. The Hall–Kier alpha value is -0.310. The maximum absolute atomic E-state index is 9.56. The summed E-state index contributed by atoms with van der Waals surface area (Å²) in [5, 5.41) is 10.3. The lowest BCUT2D eigenvalue weighted by Gasteiger charge is -2.23. The first kappa shape index (κ1) is 14.1. The van der Waals surface area contributed by atoms with Crippen LogP contribution in [0.1, 0.15) is 37.7 Å². The molecule has 0 unspecified atom stereocenters. The summed E-state index contributed by atoms with van der Waals surface area (Å²) in [6.45, 7) is 0.136. The minimum Gasteiger partial charge on any atom is -0.392 e. The first-order chi connectivity index (χ1) is 8.70.